The summed E-state index contributed by atoms with van der Waals surface area (Å²) in [5.41, 5.74) is 0. The van der Waals surface area contributed by atoms with Gasteiger partial charge in [-0.25, -0.2) is 0 Å². The summed E-state index contributed by atoms with van der Waals surface area (Å²) in [7, 11) is 0. The molecule has 2 heterocycles. The van der Waals surface area contributed by atoms with Crippen LogP contribution < -0.4 is 5.32 Å². The second kappa shape index (κ2) is 61.3. The van der Waals surface area contributed by atoms with Crippen molar-refractivity contribution in [2.75, 3.05) is 19.8 Å². The first-order valence-corrected chi connectivity index (χ1v) is 38.9. The average Bonchev–Trinajstić information content (AvgIpc) is 2.47. The van der Waals surface area contributed by atoms with Gasteiger partial charge in [-0.15, -0.1) is 0 Å². The van der Waals surface area contributed by atoms with Crippen molar-refractivity contribution < 1.29 is 64.6 Å². The van der Waals surface area contributed by atoms with Crippen LogP contribution in [0, 0.1) is 0 Å². The number of carbonyl (C=O) groups excluding carboxylic acids is 1. The molecule has 2 aliphatic heterocycles. The molecule has 0 aromatic rings. The molecule has 0 radical (unpaired) electrons. The molecule has 0 spiro atoms. The SMILES string of the molecule is CCCCCCCCCCCCCCCCC/C=C/C(O)C(COC1OC(CO)C(OC2OC(CO)C(O)C(O)C2O)C(O)C1O)NC(=O)CCCCCCCCCCCCCCCCCCCCCCCCCCCCCCCCCCCCCCCCC. The van der Waals surface area contributed by atoms with E-state index in [9.17, 15) is 45.6 Å². The summed E-state index contributed by atoms with van der Waals surface area (Å²) in [6, 6.07) is -0.911. The van der Waals surface area contributed by atoms with E-state index in [1.165, 1.54) is 308 Å². The summed E-state index contributed by atoms with van der Waals surface area (Å²) in [6.45, 7) is 2.86. The van der Waals surface area contributed by atoms with E-state index in [2.05, 4.69) is 19.2 Å². The van der Waals surface area contributed by atoms with E-state index in [1.54, 1.807) is 6.08 Å². The third-order valence-corrected chi connectivity index (χ3v) is 19.5. The van der Waals surface area contributed by atoms with E-state index < -0.39 is 86.8 Å². The van der Waals surface area contributed by atoms with Crippen LogP contribution in [0.3, 0.4) is 0 Å². The Morgan fingerprint density at radius 2 is 0.689 bits per heavy atom. The second-order valence-corrected chi connectivity index (χ2v) is 27.9. The normalized spacial score (nSPS) is 22.9. The topological polar surface area (TPSA) is 228 Å². The molecule has 0 bridgehead atoms. The van der Waals surface area contributed by atoms with Crippen LogP contribution >= 0.6 is 0 Å². The number of aliphatic hydroxyl groups excluding tert-OH is 8. The molecule has 90 heavy (non-hydrogen) atoms. The molecular weight excluding hydrogens is 1130 g/mol. The predicted molar refractivity (Wildman–Crippen MR) is 369 cm³/mol. The Bertz CT molecular complexity index is 1560. The summed E-state index contributed by atoms with van der Waals surface area (Å²) in [4.78, 5) is 13.3. The fraction of sp³-hybridized carbons (Fsp3) is 0.961. The molecule has 12 unspecified atom stereocenters. The van der Waals surface area contributed by atoms with Gasteiger partial charge in [0.25, 0.3) is 0 Å². The van der Waals surface area contributed by atoms with Crippen molar-refractivity contribution in [1.82, 2.24) is 5.32 Å². The molecule has 2 rings (SSSR count). The first-order valence-electron chi connectivity index (χ1n) is 38.9. The van der Waals surface area contributed by atoms with Crippen molar-refractivity contribution in [1.29, 1.82) is 0 Å². The molecule has 534 valence electrons. The maximum absolute atomic E-state index is 13.3. The fourth-order valence-electron chi connectivity index (χ4n) is 13.3. The lowest BCUT2D eigenvalue weighted by atomic mass is 9.97. The van der Waals surface area contributed by atoms with Gasteiger partial charge in [0.1, 0.15) is 48.8 Å². The highest BCUT2D eigenvalue weighted by molar-refractivity contribution is 5.76. The molecule has 0 aromatic carbocycles. The highest BCUT2D eigenvalue weighted by atomic mass is 16.7. The molecule has 2 aliphatic rings. The van der Waals surface area contributed by atoms with Crippen LogP contribution in [0.4, 0.5) is 0 Å². The number of hydrogen-bond acceptors (Lipinski definition) is 13. The number of carbonyl (C=O) groups is 1. The minimum atomic E-state index is -1.79. The Labute approximate surface area is 552 Å². The van der Waals surface area contributed by atoms with Gasteiger partial charge >= 0.3 is 0 Å². The van der Waals surface area contributed by atoms with E-state index in [0.717, 1.165) is 44.9 Å². The summed E-state index contributed by atoms with van der Waals surface area (Å²) in [5, 5.41) is 87.5. The van der Waals surface area contributed by atoms with Gasteiger partial charge in [-0.1, -0.05) is 360 Å². The van der Waals surface area contributed by atoms with Gasteiger partial charge in [-0.2, -0.15) is 0 Å². The van der Waals surface area contributed by atoms with Gasteiger partial charge < -0.3 is 65.1 Å². The predicted octanol–water partition coefficient (Wildman–Crippen LogP) is 16.9. The lowest BCUT2D eigenvalue weighted by molar-refractivity contribution is -0.359. The number of ether oxygens (including phenoxy) is 4. The van der Waals surface area contributed by atoms with Crippen LogP contribution in [-0.2, 0) is 23.7 Å². The number of rotatable bonds is 66. The van der Waals surface area contributed by atoms with Crippen LogP contribution in [0.2, 0.25) is 0 Å². The van der Waals surface area contributed by atoms with E-state index in [4.69, 9.17) is 18.9 Å². The van der Waals surface area contributed by atoms with Gasteiger partial charge in [-0.3, -0.25) is 4.79 Å². The van der Waals surface area contributed by atoms with Crippen LogP contribution in [0.5, 0.6) is 0 Å². The first kappa shape index (κ1) is 84.8. The van der Waals surface area contributed by atoms with Gasteiger partial charge in [0.2, 0.25) is 5.91 Å². The standard InChI is InChI=1S/C76H147NO13/c1-3-5-7-9-11-13-15-17-19-21-22-23-24-25-26-27-28-29-30-31-32-33-34-35-36-37-38-39-40-41-42-44-46-48-50-52-54-56-58-60-68(81)77-64(65(80)59-57-55-53-51-49-47-45-43-20-18-16-14-12-10-8-6-4-2)63-87-75-73(86)71(84)74(67(62-79)89-75)90-76-72(85)70(83)69(82)66(61-78)88-76/h57,59,64-67,69-76,78-80,82-86H,3-56,58,60-63H2,1-2H3,(H,77,81)/b59-57+. The molecule has 1 amide bonds. The van der Waals surface area contributed by atoms with E-state index >= 15 is 0 Å². The van der Waals surface area contributed by atoms with Crippen molar-refractivity contribution >= 4 is 5.91 Å². The molecule has 9 N–H and O–H groups in total. The minimum absolute atomic E-state index is 0.230. The van der Waals surface area contributed by atoms with Crippen LogP contribution in [0.25, 0.3) is 0 Å². The molecular formula is C76H147NO13. The van der Waals surface area contributed by atoms with Crippen LogP contribution in [0.15, 0.2) is 12.2 Å². The van der Waals surface area contributed by atoms with Gasteiger partial charge in [-0.05, 0) is 19.3 Å². The largest absolute Gasteiger partial charge is 0.394 e. The monoisotopic (exact) mass is 1280 g/mol. The van der Waals surface area contributed by atoms with E-state index in [0.29, 0.717) is 0 Å². The molecule has 14 nitrogen and oxygen atoms in total. The third-order valence-electron chi connectivity index (χ3n) is 19.5. The van der Waals surface area contributed by atoms with E-state index in [1.807, 2.05) is 6.08 Å². The van der Waals surface area contributed by atoms with Gasteiger partial charge in [0, 0.05) is 6.42 Å². The molecule has 14 heteroatoms. The highest BCUT2D eigenvalue weighted by Gasteiger charge is 2.51. The first-order chi connectivity index (χ1) is 44.1. The van der Waals surface area contributed by atoms with Gasteiger partial charge in [0.15, 0.2) is 12.6 Å². The average molecular weight is 1280 g/mol. The van der Waals surface area contributed by atoms with Crippen molar-refractivity contribution in [2.45, 2.75) is 447 Å². The number of allylic oxidation sites excluding steroid dienone is 1. The van der Waals surface area contributed by atoms with Crippen molar-refractivity contribution in [3.8, 4) is 0 Å². The molecule has 0 saturated carbocycles. The Kier molecular flexibility index (Phi) is 57.8. The number of amides is 1. The molecule has 2 saturated heterocycles. The van der Waals surface area contributed by atoms with Crippen LogP contribution in [0.1, 0.15) is 373 Å². The Morgan fingerprint density at radius 1 is 0.389 bits per heavy atom. The van der Waals surface area contributed by atoms with Crippen molar-refractivity contribution in [3.63, 3.8) is 0 Å². The Hall–Kier alpha value is -1.27. The fourth-order valence-corrected chi connectivity index (χ4v) is 13.3. The van der Waals surface area contributed by atoms with Crippen LogP contribution in [-0.4, -0.2) is 140 Å². The quantitative estimate of drug-likeness (QED) is 0.0204. The van der Waals surface area contributed by atoms with Gasteiger partial charge in [0.05, 0.1) is 32.0 Å². The lowest BCUT2D eigenvalue weighted by Gasteiger charge is -2.46. The number of unbranched alkanes of at least 4 members (excludes halogenated alkanes) is 53. The zero-order valence-electron chi connectivity index (χ0n) is 58.4. The number of aliphatic hydroxyl groups is 8. The summed E-state index contributed by atoms with van der Waals surface area (Å²) in [5.74, 6) is -0.230. The summed E-state index contributed by atoms with van der Waals surface area (Å²) in [6.07, 6.45) is 60.3. The molecule has 12 atom stereocenters. The number of hydrogen-bond donors (Lipinski definition) is 9. The summed E-state index contributed by atoms with van der Waals surface area (Å²) >= 11 is 0. The maximum Gasteiger partial charge on any atom is 0.220 e. The molecule has 0 aliphatic carbocycles. The third kappa shape index (κ3) is 44.5. The Balaban J connectivity index is 1.55. The smallest absolute Gasteiger partial charge is 0.220 e. The van der Waals surface area contributed by atoms with Crippen molar-refractivity contribution in [3.05, 3.63) is 12.2 Å². The van der Waals surface area contributed by atoms with Crippen molar-refractivity contribution in [2.24, 2.45) is 0 Å². The molecule has 2 fully saturated rings. The zero-order chi connectivity index (χ0) is 65.2. The Morgan fingerprint density at radius 3 is 1.02 bits per heavy atom. The zero-order valence-corrected chi connectivity index (χ0v) is 58.4. The van der Waals surface area contributed by atoms with E-state index in [-0.39, 0.29) is 18.9 Å². The highest BCUT2D eigenvalue weighted by Crippen LogP contribution is 2.30. The second-order valence-electron chi connectivity index (χ2n) is 27.9. The summed E-state index contributed by atoms with van der Waals surface area (Å²) < 4.78 is 22.9. The lowest BCUT2D eigenvalue weighted by Crippen LogP contribution is -2.65. The minimum Gasteiger partial charge on any atom is -0.394 e. The maximum atomic E-state index is 13.3. The number of nitrogens with one attached hydrogen (secondary N) is 1. The molecule has 0 aromatic heterocycles.